The van der Waals surface area contributed by atoms with Crippen LogP contribution >= 0.6 is 0 Å². The van der Waals surface area contributed by atoms with Crippen LogP contribution in [0.3, 0.4) is 0 Å². The molecule has 0 N–H and O–H groups in total. The Morgan fingerprint density at radius 1 is 0.152 bits per heavy atom. The molecular formula is C46H26. The molecule has 0 unspecified atom stereocenters. The molecule has 0 nitrogen and oxygen atoms in total. The standard InChI is InChI=1S/C46H26/c1-3-7-35-27(5-1)9-11-29-13-17-33-19-15-31-21-23-37-38-24-22-32-16-20-34-18-14-30-12-10-28-6-2-4-8-36(28)42(30)46(34)44(32)40(38)26-25-39(37)43(31)45(33)41(29)35/h1-26H. The molecule has 0 aromatic heterocycles. The summed E-state index contributed by atoms with van der Waals surface area (Å²) in [5.41, 5.74) is 0. The van der Waals surface area contributed by atoms with Crippen LogP contribution in [0.5, 0.6) is 0 Å². The molecule has 0 saturated heterocycles. The van der Waals surface area contributed by atoms with Gasteiger partial charge in [-0.2, -0.15) is 0 Å². The summed E-state index contributed by atoms with van der Waals surface area (Å²) in [6, 6.07) is 59.1. The Labute approximate surface area is 264 Å². The summed E-state index contributed by atoms with van der Waals surface area (Å²) in [4.78, 5) is 0. The molecule has 0 radical (unpaired) electrons. The minimum absolute atomic E-state index is 1.28. The Hall–Kier alpha value is -5.98. The second-order valence-electron chi connectivity index (χ2n) is 12.8. The van der Waals surface area contributed by atoms with Crippen molar-refractivity contribution in [1.82, 2.24) is 0 Å². The van der Waals surface area contributed by atoms with Crippen LogP contribution in [-0.4, -0.2) is 0 Å². The van der Waals surface area contributed by atoms with E-state index in [4.69, 9.17) is 0 Å². The van der Waals surface area contributed by atoms with Crippen LogP contribution in [0.4, 0.5) is 0 Å². The van der Waals surface area contributed by atoms with Crippen molar-refractivity contribution in [3.8, 4) is 0 Å². The maximum atomic E-state index is 2.39. The average Bonchev–Trinajstić information content (AvgIpc) is 3.13. The molecule has 0 fully saturated rings. The largest absolute Gasteiger partial charge is 0.0616 e. The molecule has 0 aliphatic carbocycles. The van der Waals surface area contributed by atoms with Crippen LogP contribution in [-0.2, 0) is 0 Å². The normalized spacial score (nSPS) is 12.3. The smallest absolute Gasteiger partial charge is 0.00143 e. The predicted octanol–water partition coefficient (Wildman–Crippen LogP) is 13.2. The number of fused-ring (bicyclic) bond motifs is 19. The first-order valence-electron chi connectivity index (χ1n) is 16.1. The molecule has 46 heavy (non-hydrogen) atoms. The molecule has 0 heterocycles. The molecule has 0 amide bonds. The lowest BCUT2D eigenvalue weighted by Crippen LogP contribution is -1.88. The fourth-order valence-electron chi connectivity index (χ4n) is 8.49. The third-order valence-electron chi connectivity index (χ3n) is 10.5. The van der Waals surface area contributed by atoms with Crippen molar-refractivity contribution in [2.24, 2.45) is 0 Å². The second kappa shape index (κ2) is 8.81. The van der Waals surface area contributed by atoms with E-state index in [-0.39, 0.29) is 0 Å². The molecule has 0 bridgehead atoms. The Morgan fingerprint density at radius 2 is 0.413 bits per heavy atom. The molecule has 11 rings (SSSR count). The maximum absolute atomic E-state index is 2.39. The van der Waals surface area contributed by atoms with Gasteiger partial charge in [0.2, 0.25) is 0 Å². The van der Waals surface area contributed by atoms with Crippen molar-refractivity contribution in [3.63, 3.8) is 0 Å². The summed E-state index contributed by atoms with van der Waals surface area (Å²) >= 11 is 0. The number of hydrogen-bond donors (Lipinski definition) is 0. The van der Waals surface area contributed by atoms with Gasteiger partial charge < -0.3 is 0 Å². The van der Waals surface area contributed by atoms with Crippen LogP contribution < -0.4 is 0 Å². The first-order valence-corrected chi connectivity index (χ1v) is 16.1. The van der Waals surface area contributed by atoms with Crippen molar-refractivity contribution in [2.75, 3.05) is 0 Å². The highest BCUT2D eigenvalue weighted by Crippen LogP contribution is 2.44. The minimum Gasteiger partial charge on any atom is -0.0616 e. The van der Waals surface area contributed by atoms with Gasteiger partial charge >= 0.3 is 0 Å². The van der Waals surface area contributed by atoms with Gasteiger partial charge in [0.25, 0.3) is 0 Å². The summed E-state index contributed by atoms with van der Waals surface area (Å²) in [5.74, 6) is 0. The number of hydrogen-bond acceptors (Lipinski definition) is 0. The molecule has 0 aliphatic heterocycles. The maximum Gasteiger partial charge on any atom is -0.00143 e. The molecule has 0 heteroatoms. The summed E-state index contributed by atoms with van der Waals surface area (Å²) in [6.45, 7) is 0. The fourth-order valence-corrected chi connectivity index (χ4v) is 8.49. The van der Waals surface area contributed by atoms with E-state index in [1.54, 1.807) is 0 Å². The van der Waals surface area contributed by atoms with E-state index >= 15 is 0 Å². The SMILES string of the molecule is c1ccc2c(c1)ccc1ccc3ccc4ccc5c6ccc7ccc8ccc9ccc%10ccccc%10c9c8c7c6ccc5c4c3c12. The van der Waals surface area contributed by atoms with Crippen molar-refractivity contribution in [3.05, 3.63) is 158 Å². The number of benzene rings is 11. The second-order valence-corrected chi connectivity index (χ2v) is 12.8. The first kappa shape index (κ1) is 24.4. The van der Waals surface area contributed by atoms with E-state index in [2.05, 4.69) is 158 Å². The monoisotopic (exact) mass is 578 g/mol. The van der Waals surface area contributed by atoms with Gasteiger partial charge in [0.05, 0.1) is 0 Å². The average molecular weight is 579 g/mol. The van der Waals surface area contributed by atoms with E-state index in [0.717, 1.165) is 0 Å². The lowest BCUT2D eigenvalue weighted by Gasteiger charge is -2.16. The van der Waals surface area contributed by atoms with Crippen molar-refractivity contribution < 1.29 is 0 Å². The predicted molar refractivity (Wildman–Crippen MR) is 202 cm³/mol. The van der Waals surface area contributed by atoms with Crippen molar-refractivity contribution in [2.45, 2.75) is 0 Å². The van der Waals surface area contributed by atoms with Crippen LogP contribution in [0.1, 0.15) is 0 Å². The summed E-state index contributed by atoms with van der Waals surface area (Å²) in [5, 5.41) is 26.2. The van der Waals surface area contributed by atoms with Gasteiger partial charge in [-0.3, -0.25) is 0 Å². The van der Waals surface area contributed by atoms with Gasteiger partial charge in [-0.15, -0.1) is 0 Å². The van der Waals surface area contributed by atoms with Crippen molar-refractivity contribution >= 4 is 108 Å². The molecule has 0 spiro atoms. The van der Waals surface area contributed by atoms with E-state index in [1.807, 2.05) is 0 Å². The van der Waals surface area contributed by atoms with Gasteiger partial charge in [-0.05, 0) is 108 Å². The number of rotatable bonds is 0. The molecule has 11 aromatic carbocycles. The summed E-state index contributed by atoms with van der Waals surface area (Å²) in [6.07, 6.45) is 0. The zero-order chi connectivity index (χ0) is 29.9. The molecule has 0 aliphatic rings. The highest BCUT2D eigenvalue weighted by atomic mass is 14.2. The lowest BCUT2D eigenvalue weighted by molar-refractivity contribution is 1.79. The fraction of sp³-hybridized carbons (Fsp3) is 0. The Bertz CT molecular complexity index is 2890. The van der Waals surface area contributed by atoms with Crippen LogP contribution in [0, 0.1) is 0 Å². The van der Waals surface area contributed by atoms with E-state index in [9.17, 15) is 0 Å². The molecule has 11 aromatic rings. The first-order chi connectivity index (χ1) is 22.8. The van der Waals surface area contributed by atoms with Gasteiger partial charge in [0.1, 0.15) is 0 Å². The van der Waals surface area contributed by atoms with Gasteiger partial charge in [-0.1, -0.05) is 158 Å². The van der Waals surface area contributed by atoms with Gasteiger partial charge in [0, 0.05) is 0 Å². The Kier molecular flexibility index (Phi) is 4.66. The van der Waals surface area contributed by atoms with E-state index < -0.39 is 0 Å². The van der Waals surface area contributed by atoms with Gasteiger partial charge in [0.15, 0.2) is 0 Å². The Morgan fingerprint density at radius 3 is 0.804 bits per heavy atom. The molecule has 0 atom stereocenters. The molecular weight excluding hydrogens is 553 g/mol. The zero-order valence-corrected chi connectivity index (χ0v) is 25.0. The highest BCUT2D eigenvalue weighted by Gasteiger charge is 2.16. The third-order valence-corrected chi connectivity index (χ3v) is 10.5. The molecule has 0 saturated carbocycles. The topological polar surface area (TPSA) is 0 Å². The molecule has 210 valence electrons. The lowest BCUT2D eigenvalue weighted by atomic mass is 9.87. The van der Waals surface area contributed by atoms with Crippen molar-refractivity contribution in [1.29, 1.82) is 0 Å². The minimum atomic E-state index is 1.28. The summed E-state index contributed by atoms with van der Waals surface area (Å²) in [7, 11) is 0. The quantitative estimate of drug-likeness (QED) is 0.157. The third kappa shape index (κ3) is 3.13. The van der Waals surface area contributed by atoms with E-state index in [1.165, 1.54) is 108 Å². The van der Waals surface area contributed by atoms with E-state index in [0.29, 0.717) is 0 Å². The van der Waals surface area contributed by atoms with Crippen LogP contribution in [0.25, 0.3) is 108 Å². The van der Waals surface area contributed by atoms with Crippen LogP contribution in [0.2, 0.25) is 0 Å². The zero-order valence-electron chi connectivity index (χ0n) is 25.0. The Balaban J connectivity index is 1.36. The van der Waals surface area contributed by atoms with Gasteiger partial charge in [-0.25, -0.2) is 0 Å². The summed E-state index contributed by atoms with van der Waals surface area (Å²) < 4.78 is 0. The highest BCUT2D eigenvalue weighted by molar-refractivity contribution is 6.37. The van der Waals surface area contributed by atoms with Crippen LogP contribution in [0.15, 0.2) is 158 Å².